The molecule has 0 radical (unpaired) electrons. The SMILES string of the molecule is COc1cc2c(c(C)c1CCON)CCCC2. The van der Waals surface area contributed by atoms with Crippen LogP contribution >= 0.6 is 0 Å². The van der Waals surface area contributed by atoms with Gasteiger partial charge in [-0.2, -0.15) is 0 Å². The molecule has 1 aliphatic carbocycles. The molecule has 2 rings (SSSR count). The Morgan fingerprint density at radius 1 is 1.29 bits per heavy atom. The van der Waals surface area contributed by atoms with E-state index >= 15 is 0 Å². The lowest BCUT2D eigenvalue weighted by Crippen LogP contribution is -2.11. The van der Waals surface area contributed by atoms with Gasteiger partial charge in [-0.15, -0.1) is 0 Å². The van der Waals surface area contributed by atoms with Crippen molar-refractivity contribution in [3.8, 4) is 5.75 Å². The zero-order chi connectivity index (χ0) is 12.3. The monoisotopic (exact) mass is 235 g/mol. The Balaban J connectivity index is 2.41. The van der Waals surface area contributed by atoms with E-state index in [0.29, 0.717) is 6.61 Å². The molecule has 2 N–H and O–H groups in total. The molecular weight excluding hydrogens is 214 g/mol. The first kappa shape index (κ1) is 12.4. The van der Waals surface area contributed by atoms with Crippen LogP contribution in [0, 0.1) is 6.92 Å². The number of aryl methyl sites for hydroxylation is 1. The lowest BCUT2D eigenvalue weighted by Gasteiger charge is -2.22. The standard InChI is InChI=1S/C14H21NO2/c1-10-12-6-4-3-5-11(12)9-14(16-2)13(10)7-8-17-15/h9H,3-8,15H2,1-2H3. The second kappa shape index (κ2) is 5.52. The van der Waals surface area contributed by atoms with Crippen molar-refractivity contribution in [3.63, 3.8) is 0 Å². The van der Waals surface area contributed by atoms with Crippen LogP contribution in [0.25, 0.3) is 0 Å². The van der Waals surface area contributed by atoms with Crippen molar-refractivity contribution in [1.29, 1.82) is 0 Å². The molecule has 1 aromatic carbocycles. The second-order valence-electron chi connectivity index (χ2n) is 4.65. The lowest BCUT2D eigenvalue weighted by atomic mass is 9.85. The Kier molecular flexibility index (Phi) is 4.02. The fraction of sp³-hybridized carbons (Fsp3) is 0.571. The Hall–Kier alpha value is -1.06. The number of rotatable bonds is 4. The van der Waals surface area contributed by atoms with Gasteiger partial charge in [0.25, 0.3) is 0 Å². The maximum atomic E-state index is 5.49. The third kappa shape index (κ3) is 2.45. The van der Waals surface area contributed by atoms with Gasteiger partial charge >= 0.3 is 0 Å². The minimum atomic E-state index is 0.538. The molecule has 0 bridgehead atoms. The van der Waals surface area contributed by atoms with Crippen molar-refractivity contribution >= 4 is 0 Å². The maximum absolute atomic E-state index is 5.49. The smallest absolute Gasteiger partial charge is 0.122 e. The molecule has 0 heterocycles. The van der Waals surface area contributed by atoms with Gasteiger partial charge in [-0.05, 0) is 60.9 Å². The van der Waals surface area contributed by atoms with Crippen LogP contribution in [0.2, 0.25) is 0 Å². The number of nitrogens with two attached hydrogens (primary N) is 1. The van der Waals surface area contributed by atoms with Crippen LogP contribution in [0.1, 0.15) is 35.1 Å². The molecule has 1 aromatic rings. The Bertz CT molecular complexity index is 402. The van der Waals surface area contributed by atoms with Gasteiger partial charge in [0.1, 0.15) is 5.75 Å². The highest BCUT2D eigenvalue weighted by Crippen LogP contribution is 2.33. The quantitative estimate of drug-likeness (QED) is 0.814. The summed E-state index contributed by atoms with van der Waals surface area (Å²) in [6, 6.07) is 2.20. The predicted molar refractivity (Wildman–Crippen MR) is 68.2 cm³/mol. The Morgan fingerprint density at radius 2 is 2.06 bits per heavy atom. The molecular formula is C14H21NO2. The van der Waals surface area contributed by atoms with Gasteiger partial charge in [0.2, 0.25) is 0 Å². The number of benzene rings is 1. The van der Waals surface area contributed by atoms with Gasteiger partial charge < -0.3 is 9.57 Å². The number of ether oxygens (including phenoxy) is 1. The molecule has 0 fully saturated rings. The summed E-state index contributed by atoms with van der Waals surface area (Å²) >= 11 is 0. The molecule has 0 spiro atoms. The van der Waals surface area contributed by atoms with Crippen LogP contribution < -0.4 is 10.6 Å². The molecule has 1 aliphatic rings. The molecule has 0 aromatic heterocycles. The van der Waals surface area contributed by atoms with Crippen LogP contribution in [0.5, 0.6) is 5.75 Å². The zero-order valence-corrected chi connectivity index (χ0v) is 10.7. The van der Waals surface area contributed by atoms with Crippen LogP contribution in [-0.2, 0) is 24.1 Å². The molecule has 0 amide bonds. The Labute approximate surface area is 103 Å². The van der Waals surface area contributed by atoms with Gasteiger partial charge in [-0.1, -0.05) is 0 Å². The fourth-order valence-electron chi connectivity index (χ4n) is 2.78. The lowest BCUT2D eigenvalue weighted by molar-refractivity contribution is 0.140. The summed E-state index contributed by atoms with van der Waals surface area (Å²) in [4.78, 5) is 4.69. The van der Waals surface area contributed by atoms with E-state index in [9.17, 15) is 0 Å². The largest absolute Gasteiger partial charge is 0.496 e. The average molecular weight is 235 g/mol. The fourth-order valence-corrected chi connectivity index (χ4v) is 2.78. The van der Waals surface area contributed by atoms with Crippen molar-refractivity contribution in [3.05, 3.63) is 28.3 Å². The summed E-state index contributed by atoms with van der Waals surface area (Å²) < 4.78 is 5.49. The maximum Gasteiger partial charge on any atom is 0.122 e. The summed E-state index contributed by atoms with van der Waals surface area (Å²) in [5.41, 5.74) is 5.60. The van der Waals surface area contributed by atoms with Crippen LogP contribution in [0.4, 0.5) is 0 Å². The van der Waals surface area contributed by atoms with Crippen LogP contribution in [-0.4, -0.2) is 13.7 Å². The van der Waals surface area contributed by atoms with Crippen molar-refractivity contribution in [2.45, 2.75) is 39.0 Å². The zero-order valence-electron chi connectivity index (χ0n) is 10.7. The highest BCUT2D eigenvalue weighted by molar-refractivity contribution is 5.50. The summed E-state index contributed by atoms with van der Waals surface area (Å²) in [5, 5.41) is 0. The highest BCUT2D eigenvalue weighted by Gasteiger charge is 2.17. The predicted octanol–water partition coefficient (Wildman–Crippen LogP) is 2.32. The summed E-state index contributed by atoms with van der Waals surface area (Å²) in [7, 11) is 1.73. The number of methoxy groups -OCH3 is 1. The van der Waals surface area contributed by atoms with Gasteiger partial charge in [0.05, 0.1) is 13.7 Å². The first-order valence-corrected chi connectivity index (χ1v) is 6.27. The molecule has 0 saturated carbocycles. The van der Waals surface area contributed by atoms with E-state index < -0.39 is 0 Å². The first-order chi connectivity index (χ1) is 8.27. The minimum Gasteiger partial charge on any atom is -0.496 e. The number of hydrogen-bond acceptors (Lipinski definition) is 3. The second-order valence-corrected chi connectivity index (χ2v) is 4.65. The van der Waals surface area contributed by atoms with Gasteiger partial charge in [-0.3, -0.25) is 0 Å². The van der Waals surface area contributed by atoms with Crippen LogP contribution in [0.15, 0.2) is 6.07 Å². The molecule has 0 unspecified atom stereocenters. The molecule has 0 saturated heterocycles. The van der Waals surface area contributed by atoms with E-state index in [1.807, 2.05) is 0 Å². The van der Waals surface area contributed by atoms with E-state index in [0.717, 1.165) is 12.2 Å². The number of hydrogen-bond donors (Lipinski definition) is 1. The van der Waals surface area contributed by atoms with Crippen molar-refractivity contribution in [1.82, 2.24) is 0 Å². The third-order valence-corrected chi connectivity index (χ3v) is 3.71. The molecule has 3 heteroatoms. The summed E-state index contributed by atoms with van der Waals surface area (Å²) in [6.45, 7) is 2.73. The van der Waals surface area contributed by atoms with Crippen molar-refractivity contribution in [2.75, 3.05) is 13.7 Å². The topological polar surface area (TPSA) is 44.5 Å². The van der Waals surface area contributed by atoms with E-state index in [1.165, 1.54) is 47.9 Å². The molecule has 0 atom stereocenters. The van der Waals surface area contributed by atoms with E-state index in [2.05, 4.69) is 17.8 Å². The Morgan fingerprint density at radius 3 is 2.76 bits per heavy atom. The van der Waals surface area contributed by atoms with Crippen molar-refractivity contribution < 1.29 is 9.57 Å². The van der Waals surface area contributed by atoms with Crippen LogP contribution in [0.3, 0.4) is 0 Å². The highest BCUT2D eigenvalue weighted by atomic mass is 16.6. The summed E-state index contributed by atoms with van der Waals surface area (Å²) in [5.74, 6) is 6.10. The normalized spacial score (nSPS) is 14.5. The van der Waals surface area contributed by atoms with Gasteiger partial charge in [-0.25, -0.2) is 5.90 Å². The third-order valence-electron chi connectivity index (χ3n) is 3.71. The number of fused-ring (bicyclic) bond motifs is 1. The van der Waals surface area contributed by atoms with E-state index in [-0.39, 0.29) is 0 Å². The minimum absolute atomic E-state index is 0.538. The van der Waals surface area contributed by atoms with Crippen molar-refractivity contribution in [2.24, 2.45) is 5.90 Å². The van der Waals surface area contributed by atoms with Gasteiger partial charge in [0.15, 0.2) is 0 Å². The van der Waals surface area contributed by atoms with E-state index in [1.54, 1.807) is 7.11 Å². The summed E-state index contributed by atoms with van der Waals surface area (Å²) in [6.07, 6.45) is 5.79. The molecule has 0 aliphatic heterocycles. The van der Waals surface area contributed by atoms with E-state index in [4.69, 9.17) is 10.6 Å². The molecule has 17 heavy (non-hydrogen) atoms. The molecule has 94 valence electrons. The molecule has 3 nitrogen and oxygen atoms in total. The van der Waals surface area contributed by atoms with Gasteiger partial charge in [0, 0.05) is 6.42 Å². The first-order valence-electron chi connectivity index (χ1n) is 6.27. The average Bonchev–Trinajstić information content (AvgIpc) is 2.37.